The molecule has 0 atom stereocenters. The lowest BCUT2D eigenvalue weighted by atomic mass is 9.95. The second-order valence-electron chi connectivity index (χ2n) is 8.39. The molecule has 4 rings (SSSR count). The van der Waals surface area contributed by atoms with Crippen molar-refractivity contribution in [3.8, 4) is 16.9 Å². The maximum atomic E-state index is 11.7. The smallest absolute Gasteiger partial charge is 0.305 e. The normalized spacial score (nSPS) is 14.6. The van der Waals surface area contributed by atoms with Crippen molar-refractivity contribution in [2.75, 3.05) is 12.8 Å². The average molecular weight is 421 g/mol. The summed E-state index contributed by atoms with van der Waals surface area (Å²) in [5.41, 5.74) is 11.5. The van der Waals surface area contributed by atoms with Crippen molar-refractivity contribution in [2.45, 2.75) is 64.5 Å². The van der Waals surface area contributed by atoms with Crippen LogP contribution >= 0.6 is 0 Å². The number of carbonyl (C=O) groups excluding carboxylic acids is 1. The van der Waals surface area contributed by atoms with E-state index in [1.54, 1.807) is 0 Å². The molecule has 31 heavy (non-hydrogen) atoms. The van der Waals surface area contributed by atoms with Gasteiger partial charge in [0.2, 0.25) is 0 Å². The molecule has 1 saturated carbocycles. The molecule has 1 heterocycles. The van der Waals surface area contributed by atoms with Gasteiger partial charge in [-0.05, 0) is 80.5 Å². The summed E-state index contributed by atoms with van der Waals surface area (Å²) in [7, 11) is 1.42. The summed E-state index contributed by atoms with van der Waals surface area (Å²) >= 11 is 0. The monoisotopic (exact) mass is 420 g/mol. The van der Waals surface area contributed by atoms with Gasteiger partial charge >= 0.3 is 5.97 Å². The van der Waals surface area contributed by atoms with Crippen molar-refractivity contribution in [2.24, 2.45) is 0 Å². The third kappa shape index (κ3) is 4.71. The molecule has 164 valence electrons. The number of carbonyl (C=O) groups is 1. The van der Waals surface area contributed by atoms with E-state index in [9.17, 15) is 4.79 Å². The molecule has 0 aliphatic heterocycles. The number of fused-ring (bicyclic) bond motifs is 1. The highest BCUT2D eigenvalue weighted by Gasteiger charge is 2.20. The number of nitrogen functional groups attached to an aromatic ring is 1. The second kappa shape index (κ2) is 9.46. The van der Waals surface area contributed by atoms with Gasteiger partial charge < -0.3 is 19.8 Å². The molecular formula is C26H32N2O3. The van der Waals surface area contributed by atoms with Crippen LogP contribution in [0.1, 0.15) is 51.0 Å². The maximum absolute atomic E-state index is 11.7. The molecule has 1 aliphatic carbocycles. The van der Waals surface area contributed by atoms with Crippen LogP contribution in [0.15, 0.2) is 42.6 Å². The van der Waals surface area contributed by atoms with Crippen LogP contribution in [0.4, 0.5) is 5.69 Å². The van der Waals surface area contributed by atoms with Gasteiger partial charge in [-0.25, -0.2) is 0 Å². The van der Waals surface area contributed by atoms with Gasteiger partial charge in [0.1, 0.15) is 5.75 Å². The topological polar surface area (TPSA) is 66.5 Å². The number of nitrogens with zero attached hydrogens (tertiary/aromatic N) is 1. The Morgan fingerprint density at radius 3 is 2.68 bits per heavy atom. The molecule has 2 N–H and O–H groups in total. The Hall–Kier alpha value is -2.95. The quantitative estimate of drug-likeness (QED) is 0.392. The predicted octanol–water partition coefficient (Wildman–Crippen LogP) is 5.73. The van der Waals surface area contributed by atoms with Crippen molar-refractivity contribution >= 4 is 22.6 Å². The molecule has 3 aromatic rings. The highest BCUT2D eigenvalue weighted by Crippen LogP contribution is 2.40. The molecular weight excluding hydrogens is 388 g/mol. The number of ether oxygens (including phenoxy) is 2. The van der Waals surface area contributed by atoms with E-state index in [1.807, 2.05) is 6.07 Å². The van der Waals surface area contributed by atoms with Crippen LogP contribution in [0.25, 0.3) is 22.0 Å². The first kappa shape index (κ1) is 21.3. The molecule has 5 nitrogen and oxygen atoms in total. The molecule has 1 fully saturated rings. The van der Waals surface area contributed by atoms with Crippen molar-refractivity contribution in [1.29, 1.82) is 0 Å². The van der Waals surface area contributed by atoms with Crippen molar-refractivity contribution in [1.82, 2.24) is 4.57 Å². The minimum atomic E-state index is -0.218. The summed E-state index contributed by atoms with van der Waals surface area (Å²) in [4.78, 5) is 11.7. The van der Waals surface area contributed by atoms with Crippen LogP contribution in [0.2, 0.25) is 0 Å². The third-order valence-electron chi connectivity index (χ3n) is 6.28. The minimum absolute atomic E-state index is 0.209. The number of rotatable bonds is 7. The number of nitrogens with two attached hydrogens (primary N) is 1. The molecule has 2 aromatic carbocycles. The highest BCUT2D eigenvalue weighted by molar-refractivity contribution is 5.88. The van der Waals surface area contributed by atoms with Crippen LogP contribution in [-0.2, 0) is 22.5 Å². The lowest BCUT2D eigenvalue weighted by molar-refractivity contribution is -0.140. The second-order valence-corrected chi connectivity index (χ2v) is 8.39. The number of anilines is 1. The van der Waals surface area contributed by atoms with Crippen LogP contribution < -0.4 is 10.5 Å². The first-order valence-corrected chi connectivity index (χ1v) is 11.3. The Balaban J connectivity index is 1.74. The number of aromatic nitrogens is 1. The molecule has 0 spiro atoms. The number of esters is 1. The summed E-state index contributed by atoms with van der Waals surface area (Å²) in [6, 6.07) is 12.7. The van der Waals surface area contributed by atoms with Gasteiger partial charge in [0, 0.05) is 35.6 Å². The zero-order valence-corrected chi connectivity index (χ0v) is 18.5. The third-order valence-corrected chi connectivity index (χ3v) is 6.28. The number of methoxy groups -OCH3 is 1. The lowest BCUT2D eigenvalue weighted by Gasteiger charge is -2.26. The lowest BCUT2D eigenvalue weighted by Crippen LogP contribution is -2.20. The van der Waals surface area contributed by atoms with Crippen LogP contribution in [0.3, 0.4) is 0 Å². The summed E-state index contributed by atoms with van der Waals surface area (Å²) in [6.07, 6.45) is 9.07. The Morgan fingerprint density at radius 1 is 1.13 bits per heavy atom. The van der Waals surface area contributed by atoms with E-state index in [0.717, 1.165) is 41.8 Å². The highest BCUT2D eigenvalue weighted by atomic mass is 16.5. The van der Waals surface area contributed by atoms with E-state index in [0.29, 0.717) is 18.5 Å². The summed E-state index contributed by atoms with van der Waals surface area (Å²) < 4.78 is 13.5. The van der Waals surface area contributed by atoms with Gasteiger partial charge in [-0.2, -0.15) is 0 Å². The van der Waals surface area contributed by atoms with Crippen LogP contribution in [-0.4, -0.2) is 23.8 Å². The Bertz CT molecular complexity index is 1060. The number of aryl methyl sites for hydroxylation is 2. The number of hydrogen-bond donors (Lipinski definition) is 1. The molecule has 0 unspecified atom stereocenters. The molecule has 1 aromatic heterocycles. The fraction of sp³-hybridized carbons (Fsp3) is 0.423. The van der Waals surface area contributed by atoms with E-state index < -0.39 is 0 Å². The largest absolute Gasteiger partial charge is 0.488 e. The van der Waals surface area contributed by atoms with Crippen LogP contribution in [0.5, 0.6) is 5.75 Å². The molecule has 5 heteroatoms. The summed E-state index contributed by atoms with van der Waals surface area (Å²) in [5.74, 6) is 0.549. The summed E-state index contributed by atoms with van der Waals surface area (Å²) in [6.45, 7) is 3.09. The fourth-order valence-corrected chi connectivity index (χ4v) is 4.55. The molecule has 1 aliphatic rings. The van der Waals surface area contributed by atoms with Crippen molar-refractivity contribution in [3.63, 3.8) is 0 Å². The summed E-state index contributed by atoms with van der Waals surface area (Å²) in [5, 5.41) is 1.20. The van der Waals surface area contributed by atoms with Gasteiger partial charge in [-0.15, -0.1) is 0 Å². The first-order valence-electron chi connectivity index (χ1n) is 11.3. The van der Waals surface area contributed by atoms with E-state index in [1.165, 1.54) is 37.3 Å². The van der Waals surface area contributed by atoms with Crippen molar-refractivity contribution in [3.05, 3.63) is 48.2 Å². The van der Waals surface area contributed by atoms with Gasteiger partial charge in [0.25, 0.3) is 0 Å². The van der Waals surface area contributed by atoms with E-state index in [-0.39, 0.29) is 12.1 Å². The Labute approximate surface area is 184 Å². The van der Waals surface area contributed by atoms with Gasteiger partial charge in [-0.3, -0.25) is 4.79 Å². The zero-order valence-electron chi connectivity index (χ0n) is 18.5. The SMILES string of the molecule is CCn1ccc2cc(-c3cc(CCC(=O)OC)cc(N)c3OC3CCCCC3)ccc21. The molecule has 0 radical (unpaired) electrons. The number of hydrogen-bond acceptors (Lipinski definition) is 4. The predicted molar refractivity (Wildman–Crippen MR) is 125 cm³/mol. The van der Waals surface area contributed by atoms with E-state index in [4.69, 9.17) is 15.2 Å². The van der Waals surface area contributed by atoms with Crippen molar-refractivity contribution < 1.29 is 14.3 Å². The van der Waals surface area contributed by atoms with Crippen LogP contribution in [0, 0.1) is 0 Å². The van der Waals surface area contributed by atoms with E-state index in [2.05, 4.69) is 48.0 Å². The molecule has 0 saturated heterocycles. The first-order chi connectivity index (χ1) is 15.1. The Kier molecular flexibility index (Phi) is 6.50. The standard InChI is InChI=1S/C26H32N2O3/c1-3-28-14-13-20-17-19(10-11-24(20)28)22-15-18(9-12-25(29)30-2)16-23(27)26(22)31-21-7-5-4-6-8-21/h10-11,13-17,21H,3-9,12,27H2,1-2H3. The van der Waals surface area contributed by atoms with Gasteiger partial charge in [-0.1, -0.05) is 12.5 Å². The number of benzene rings is 2. The minimum Gasteiger partial charge on any atom is -0.488 e. The zero-order chi connectivity index (χ0) is 21.8. The van der Waals surface area contributed by atoms with Gasteiger partial charge in [0.15, 0.2) is 0 Å². The van der Waals surface area contributed by atoms with E-state index >= 15 is 0 Å². The maximum Gasteiger partial charge on any atom is 0.305 e. The molecule has 0 amide bonds. The van der Waals surface area contributed by atoms with Gasteiger partial charge in [0.05, 0.1) is 18.9 Å². The fourth-order valence-electron chi connectivity index (χ4n) is 4.55. The average Bonchev–Trinajstić information content (AvgIpc) is 3.22. The Morgan fingerprint density at radius 2 is 1.94 bits per heavy atom. The molecule has 0 bridgehead atoms.